The highest BCUT2D eigenvalue weighted by Gasteiger charge is 2.10. The number of hydrogen-bond donors (Lipinski definition) is 1. The number of hydrogen-bond acceptors (Lipinski definition) is 1. The molecule has 1 N–H and O–H groups in total. The van der Waals surface area contributed by atoms with Gasteiger partial charge in [0.25, 0.3) is 5.91 Å². The summed E-state index contributed by atoms with van der Waals surface area (Å²) in [4.78, 5) is 11.9. The minimum Gasteiger partial charge on any atom is -0.321 e. The second kappa shape index (κ2) is 5.64. The van der Waals surface area contributed by atoms with Crippen LogP contribution in [-0.4, -0.2) is 5.91 Å². The highest BCUT2D eigenvalue weighted by Crippen LogP contribution is 2.20. The lowest BCUT2D eigenvalue weighted by Gasteiger charge is -2.08. The zero-order valence-electron chi connectivity index (χ0n) is 10.0. The number of aryl methyl sites for hydroxylation is 1. The zero-order valence-corrected chi connectivity index (χ0v) is 12.2. The summed E-state index contributed by atoms with van der Waals surface area (Å²) in [5, 5.41) is 2.62. The number of halogens is 3. The third-order valence-corrected chi connectivity index (χ3v) is 3.51. The molecule has 0 radical (unpaired) electrons. The fourth-order valence-electron chi connectivity index (χ4n) is 1.52. The molecule has 0 aliphatic heterocycles. The second-order valence-corrected chi connectivity index (χ2v) is 5.20. The van der Waals surface area contributed by atoms with E-state index in [0.717, 1.165) is 0 Å². The molecule has 0 saturated heterocycles. The van der Waals surface area contributed by atoms with E-state index in [1.165, 1.54) is 24.3 Å². The van der Waals surface area contributed by atoms with Gasteiger partial charge in [0.1, 0.15) is 11.6 Å². The van der Waals surface area contributed by atoms with Gasteiger partial charge in [-0.25, -0.2) is 8.78 Å². The molecule has 5 heteroatoms. The van der Waals surface area contributed by atoms with Crippen molar-refractivity contribution in [3.63, 3.8) is 0 Å². The fourth-order valence-corrected chi connectivity index (χ4v) is 2.13. The Balaban J connectivity index is 2.23. The SMILES string of the molecule is Cc1ccc(C(=O)Nc2ccc(F)cc2I)cc1F. The number of benzene rings is 2. The van der Waals surface area contributed by atoms with Gasteiger partial charge in [0, 0.05) is 9.13 Å². The van der Waals surface area contributed by atoms with Gasteiger partial charge in [0.2, 0.25) is 0 Å². The molecule has 2 nitrogen and oxygen atoms in total. The van der Waals surface area contributed by atoms with Crippen LogP contribution in [0.5, 0.6) is 0 Å². The van der Waals surface area contributed by atoms with Crippen LogP contribution in [-0.2, 0) is 0 Å². The molecule has 0 fully saturated rings. The third-order valence-electron chi connectivity index (χ3n) is 2.61. The molecule has 19 heavy (non-hydrogen) atoms. The van der Waals surface area contributed by atoms with Gasteiger partial charge >= 0.3 is 0 Å². The topological polar surface area (TPSA) is 29.1 Å². The first kappa shape index (κ1) is 13.9. The molecule has 1 amide bonds. The van der Waals surface area contributed by atoms with Crippen LogP contribution in [0.2, 0.25) is 0 Å². The van der Waals surface area contributed by atoms with Gasteiger partial charge in [-0.2, -0.15) is 0 Å². The molecule has 0 saturated carbocycles. The summed E-state index contributed by atoms with van der Waals surface area (Å²) in [7, 11) is 0. The summed E-state index contributed by atoms with van der Waals surface area (Å²) in [5.41, 5.74) is 1.20. The van der Waals surface area contributed by atoms with Gasteiger partial charge in [-0.15, -0.1) is 0 Å². The molecule has 0 aliphatic carbocycles. The van der Waals surface area contributed by atoms with E-state index in [-0.39, 0.29) is 11.4 Å². The quantitative estimate of drug-likeness (QED) is 0.789. The second-order valence-electron chi connectivity index (χ2n) is 4.04. The molecule has 2 aromatic rings. The first-order valence-electron chi connectivity index (χ1n) is 5.50. The van der Waals surface area contributed by atoms with Crippen molar-refractivity contribution in [2.75, 3.05) is 5.32 Å². The van der Waals surface area contributed by atoms with Crippen LogP contribution < -0.4 is 5.32 Å². The number of nitrogens with one attached hydrogen (secondary N) is 1. The Labute approximate surface area is 123 Å². The molecule has 0 aromatic heterocycles. The maximum atomic E-state index is 13.4. The largest absolute Gasteiger partial charge is 0.321 e. The maximum Gasteiger partial charge on any atom is 0.255 e. The molecular weight excluding hydrogens is 363 g/mol. The Morgan fingerprint density at radius 2 is 1.89 bits per heavy atom. The van der Waals surface area contributed by atoms with Crippen molar-refractivity contribution in [3.05, 3.63) is 62.7 Å². The molecule has 0 unspecified atom stereocenters. The lowest BCUT2D eigenvalue weighted by atomic mass is 10.1. The van der Waals surface area contributed by atoms with Gasteiger partial charge in [0.15, 0.2) is 0 Å². The predicted molar refractivity (Wildman–Crippen MR) is 78.2 cm³/mol. The predicted octanol–water partition coefficient (Wildman–Crippen LogP) is 4.13. The Kier molecular flexibility index (Phi) is 4.14. The highest BCUT2D eigenvalue weighted by atomic mass is 127. The number of rotatable bonds is 2. The van der Waals surface area contributed by atoms with Crippen LogP contribution in [0.4, 0.5) is 14.5 Å². The van der Waals surface area contributed by atoms with Crippen LogP contribution in [0, 0.1) is 22.1 Å². The molecule has 0 heterocycles. The van der Waals surface area contributed by atoms with Gasteiger partial charge in [-0.1, -0.05) is 6.07 Å². The molecular formula is C14H10F2INO. The van der Waals surface area contributed by atoms with E-state index in [1.807, 2.05) is 22.6 Å². The standard InChI is InChI=1S/C14H10F2INO/c1-8-2-3-9(6-11(8)16)14(19)18-13-5-4-10(15)7-12(13)17/h2-7H,1H3,(H,18,19). The number of anilines is 1. The Hall–Kier alpha value is -1.50. The van der Waals surface area contributed by atoms with E-state index in [0.29, 0.717) is 14.8 Å². The smallest absolute Gasteiger partial charge is 0.255 e. The van der Waals surface area contributed by atoms with Crippen molar-refractivity contribution >= 4 is 34.2 Å². The van der Waals surface area contributed by atoms with E-state index in [2.05, 4.69) is 5.32 Å². The van der Waals surface area contributed by atoms with E-state index in [1.54, 1.807) is 19.1 Å². The van der Waals surface area contributed by atoms with Crippen molar-refractivity contribution in [3.8, 4) is 0 Å². The van der Waals surface area contributed by atoms with Crippen molar-refractivity contribution < 1.29 is 13.6 Å². The summed E-state index contributed by atoms with van der Waals surface area (Å²) in [6.45, 7) is 1.62. The number of amides is 1. The van der Waals surface area contributed by atoms with Crippen molar-refractivity contribution in [1.82, 2.24) is 0 Å². The molecule has 98 valence electrons. The van der Waals surface area contributed by atoms with Crippen LogP contribution in [0.3, 0.4) is 0 Å². The summed E-state index contributed by atoms with van der Waals surface area (Å²) >= 11 is 1.92. The Morgan fingerprint density at radius 1 is 1.16 bits per heavy atom. The van der Waals surface area contributed by atoms with E-state index < -0.39 is 11.7 Å². The van der Waals surface area contributed by atoms with Crippen LogP contribution >= 0.6 is 22.6 Å². The monoisotopic (exact) mass is 373 g/mol. The summed E-state index contributed by atoms with van der Waals surface area (Å²) in [5.74, 6) is -1.23. The van der Waals surface area contributed by atoms with E-state index >= 15 is 0 Å². The van der Waals surface area contributed by atoms with E-state index in [9.17, 15) is 13.6 Å². The Bertz CT molecular complexity index is 643. The average molecular weight is 373 g/mol. The van der Waals surface area contributed by atoms with Crippen molar-refractivity contribution in [2.45, 2.75) is 6.92 Å². The first-order chi connectivity index (χ1) is 8.97. The molecule has 2 rings (SSSR count). The molecule has 0 bridgehead atoms. The van der Waals surface area contributed by atoms with E-state index in [4.69, 9.17) is 0 Å². The van der Waals surface area contributed by atoms with Crippen molar-refractivity contribution in [1.29, 1.82) is 0 Å². The molecule has 2 aromatic carbocycles. The van der Waals surface area contributed by atoms with Crippen LogP contribution in [0.25, 0.3) is 0 Å². The van der Waals surface area contributed by atoms with Crippen LogP contribution in [0.1, 0.15) is 15.9 Å². The van der Waals surface area contributed by atoms with Crippen molar-refractivity contribution in [2.24, 2.45) is 0 Å². The zero-order chi connectivity index (χ0) is 14.0. The average Bonchev–Trinajstić information content (AvgIpc) is 2.36. The lowest BCUT2D eigenvalue weighted by Crippen LogP contribution is -2.13. The van der Waals surface area contributed by atoms with Crippen LogP contribution in [0.15, 0.2) is 36.4 Å². The van der Waals surface area contributed by atoms with Gasteiger partial charge in [-0.3, -0.25) is 4.79 Å². The highest BCUT2D eigenvalue weighted by molar-refractivity contribution is 14.1. The fraction of sp³-hybridized carbons (Fsp3) is 0.0714. The minimum absolute atomic E-state index is 0.225. The molecule has 0 spiro atoms. The summed E-state index contributed by atoms with van der Waals surface area (Å²) in [6, 6.07) is 8.31. The maximum absolute atomic E-state index is 13.4. The van der Waals surface area contributed by atoms with Gasteiger partial charge in [0.05, 0.1) is 5.69 Å². The normalized spacial score (nSPS) is 10.3. The van der Waals surface area contributed by atoms with Gasteiger partial charge in [-0.05, 0) is 65.4 Å². The Morgan fingerprint density at radius 3 is 2.53 bits per heavy atom. The third kappa shape index (κ3) is 3.28. The summed E-state index contributed by atoms with van der Waals surface area (Å²) < 4.78 is 26.9. The molecule has 0 aliphatic rings. The number of carbonyl (C=O) groups excluding carboxylic acids is 1. The lowest BCUT2D eigenvalue weighted by molar-refractivity contribution is 0.102. The minimum atomic E-state index is -0.429. The van der Waals surface area contributed by atoms with Gasteiger partial charge < -0.3 is 5.32 Å². The molecule has 0 atom stereocenters. The number of carbonyl (C=O) groups is 1. The first-order valence-corrected chi connectivity index (χ1v) is 6.58. The summed E-state index contributed by atoms with van der Waals surface area (Å²) in [6.07, 6.45) is 0.